The Morgan fingerprint density at radius 2 is 0.750 bits per heavy atom. The van der Waals surface area contributed by atoms with E-state index in [0.717, 1.165) is 24.2 Å². The van der Waals surface area contributed by atoms with Gasteiger partial charge < -0.3 is 0 Å². The molecule has 4 saturated carbocycles. The van der Waals surface area contributed by atoms with Gasteiger partial charge >= 0.3 is 0 Å². The lowest BCUT2D eigenvalue weighted by atomic mass is 9.89. The smallest absolute Gasteiger partial charge is 0.0998 e. The van der Waals surface area contributed by atoms with Crippen LogP contribution in [-0.2, 0) is 0 Å². The van der Waals surface area contributed by atoms with E-state index in [1.54, 1.807) is 0 Å². The summed E-state index contributed by atoms with van der Waals surface area (Å²) in [6.45, 7) is 0. The first-order chi connectivity index (χ1) is 11.9. The third kappa shape index (κ3) is 3.85. The number of rotatable bonds is 5. The Hall–Kier alpha value is -0.0800. The van der Waals surface area contributed by atoms with Gasteiger partial charge in [-0.15, -0.1) is 0 Å². The van der Waals surface area contributed by atoms with E-state index < -0.39 is 0 Å². The van der Waals surface area contributed by atoms with Crippen LogP contribution in [0.2, 0.25) is 0 Å². The SMILES string of the molecule is C1CCC([N+](C2CCCCC2)N(C2CCCC2)C2CCCC2)CC1. The minimum Gasteiger partial charge on any atom is -0.0998 e. The van der Waals surface area contributed by atoms with Crippen LogP contribution in [0.15, 0.2) is 0 Å². The number of hydrogen-bond donors (Lipinski definition) is 0. The van der Waals surface area contributed by atoms with Crippen molar-refractivity contribution in [3.05, 3.63) is 0 Å². The Balaban J connectivity index is 1.58. The van der Waals surface area contributed by atoms with Crippen LogP contribution in [0.1, 0.15) is 116 Å². The van der Waals surface area contributed by atoms with Gasteiger partial charge in [0.25, 0.3) is 0 Å². The van der Waals surface area contributed by atoms with Crippen LogP contribution in [0.4, 0.5) is 0 Å². The van der Waals surface area contributed by atoms with E-state index in [4.69, 9.17) is 0 Å². The van der Waals surface area contributed by atoms with Gasteiger partial charge in [0, 0.05) is 25.7 Å². The van der Waals surface area contributed by atoms with Crippen molar-refractivity contribution in [1.29, 1.82) is 0 Å². The van der Waals surface area contributed by atoms with E-state index in [9.17, 15) is 0 Å². The van der Waals surface area contributed by atoms with Gasteiger partial charge in [-0.1, -0.05) is 48.5 Å². The zero-order chi connectivity index (χ0) is 16.2. The predicted molar refractivity (Wildman–Crippen MR) is 102 cm³/mol. The van der Waals surface area contributed by atoms with E-state index in [2.05, 4.69) is 10.0 Å². The molecule has 0 bridgehead atoms. The maximum Gasteiger partial charge on any atom is 0.155 e. The van der Waals surface area contributed by atoms with E-state index in [1.165, 1.54) is 116 Å². The van der Waals surface area contributed by atoms with Crippen LogP contribution >= 0.6 is 0 Å². The fourth-order valence-corrected chi connectivity index (χ4v) is 6.38. The molecule has 4 rings (SSSR count). The molecule has 0 amide bonds. The number of nitrogens with zero attached hydrogens (tertiary/aromatic N) is 2. The van der Waals surface area contributed by atoms with Crippen molar-refractivity contribution < 1.29 is 0 Å². The van der Waals surface area contributed by atoms with Crippen LogP contribution in [0, 0.1) is 0 Å². The van der Waals surface area contributed by atoms with Gasteiger partial charge in [-0.05, 0) is 51.4 Å². The average Bonchev–Trinajstić information content (AvgIpc) is 3.35. The molecular weight excluding hydrogens is 292 g/mol. The van der Waals surface area contributed by atoms with Crippen LogP contribution in [0.3, 0.4) is 0 Å². The van der Waals surface area contributed by atoms with Crippen molar-refractivity contribution in [2.24, 2.45) is 0 Å². The fraction of sp³-hybridized carbons (Fsp3) is 1.00. The minimum absolute atomic E-state index is 0.878. The Labute approximate surface area is 150 Å². The van der Waals surface area contributed by atoms with Crippen LogP contribution in [-0.4, -0.2) is 29.2 Å². The maximum absolute atomic E-state index is 3.07. The van der Waals surface area contributed by atoms with E-state index in [1.807, 2.05) is 0 Å². The fourth-order valence-electron chi connectivity index (χ4n) is 6.38. The second kappa shape index (κ2) is 8.54. The zero-order valence-corrected chi connectivity index (χ0v) is 15.9. The highest BCUT2D eigenvalue weighted by Crippen LogP contribution is 2.37. The summed E-state index contributed by atoms with van der Waals surface area (Å²) >= 11 is 0. The van der Waals surface area contributed by atoms with Gasteiger partial charge in [0.2, 0.25) is 0 Å². The summed E-state index contributed by atoms with van der Waals surface area (Å²) in [6.07, 6.45) is 26.7. The molecule has 137 valence electrons. The highest BCUT2D eigenvalue weighted by molar-refractivity contribution is 4.93. The molecule has 0 unspecified atom stereocenters. The number of hydrazine groups is 1. The normalized spacial score (nSPS) is 29.2. The molecular formula is C22H40N2+. The van der Waals surface area contributed by atoms with Crippen molar-refractivity contribution >= 4 is 0 Å². The Bertz CT molecular complexity index is 324. The molecule has 4 aliphatic rings. The van der Waals surface area contributed by atoms with Gasteiger partial charge in [0.15, 0.2) is 12.1 Å². The lowest BCUT2D eigenvalue weighted by Crippen LogP contribution is -2.65. The van der Waals surface area contributed by atoms with Crippen molar-refractivity contribution in [2.45, 2.75) is 140 Å². The van der Waals surface area contributed by atoms with Gasteiger partial charge in [-0.3, -0.25) is 0 Å². The molecule has 0 spiro atoms. The predicted octanol–water partition coefficient (Wildman–Crippen LogP) is 5.89. The Morgan fingerprint density at radius 1 is 0.417 bits per heavy atom. The molecule has 4 fully saturated rings. The summed E-state index contributed by atoms with van der Waals surface area (Å²) < 4.78 is 0. The summed E-state index contributed by atoms with van der Waals surface area (Å²) in [5.41, 5.74) is 0. The van der Waals surface area contributed by atoms with Gasteiger partial charge in [0.05, 0.1) is 12.1 Å². The molecule has 0 atom stereocenters. The average molecular weight is 333 g/mol. The summed E-state index contributed by atoms with van der Waals surface area (Å²) in [5, 5.41) is 6.14. The first kappa shape index (κ1) is 17.3. The third-order valence-corrected chi connectivity index (χ3v) is 7.56. The molecule has 24 heavy (non-hydrogen) atoms. The summed E-state index contributed by atoms with van der Waals surface area (Å²) in [5.74, 6) is 0. The highest BCUT2D eigenvalue weighted by Gasteiger charge is 2.48. The monoisotopic (exact) mass is 332 g/mol. The number of hydrogen-bond acceptors (Lipinski definition) is 2. The van der Waals surface area contributed by atoms with Gasteiger partial charge in [-0.25, -0.2) is 0 Å². The summed E-state index contributed by atoms with van der Waals surface area (Å²) in [6, 6.07) is 3.53. The van der Waals surface area contributed by atoms with E-state index in [0.29, 0.717) is 0 Å². The molecule has 0 heterocycles. The second-order valence-electron chi connectivity index (χ2n) is 9.22. The van der Waals surface area contributed by atoms with E-state index >= 15 is 0 Å². The second-order valence-corrected chi connectivity index (χ2v) is 9.22. The Kier molecular flexibility index (Phi) is 6.17. The lowest BCUT2D eigenvalue weighted by Gasteiger charge is -2.42. The summed E-state index contributed by atoms with van der Waals surface area (Å²) in [4.78, 5) is 0. The molecule has 0 saturated heterocycles. The molecule has 0 N–H and O–H groups in total. The molecule has 0 aromatic carbocycles. The van der Waals surface area contributed by atoms with E-state index in [-0.39, 0.29) is 0 Å². The quantitative estimate of drug-likeness (QED) is 0.450. The Morgan fingerprint density at radius 3 is 1.12 bits per heavy atom. The lowest BCUT2D eigenvalue weighted by molar-refractivity contribution is -0.0799. The zero-order valence-electron chi connectivity index (χ0n) is 15.9. The van der Waals surface area contributed by atoms with Crippen molar-refractivity contribution in [1.82, 2.24) is 10.0 Å². The first-order valence-electron chi connectivity index (χ1n) is 11.5. The van der Waals surface area contributed by atoms with Crippen LogP contribution < -0.4 is 5.01 Å². The summed E-state index contributed by atoms with van der Waals surface area (Å²) in [7, 11) is 0. The minimum atomic E-state index is 0.878. The van der Waals surface area contributed by atoms with Gasteiger partial charge in [0.1, 0.15) is 0 Å². The van der Waals surface area contributed by atoms with Crippen molar-refractivity contribution in [3.8, 4) is 0 Å². The largest absolute Gasteiger partial charge is 0.155 e. The van der Waals surface area contributed by atoms with Crippen LogP contribution in [0.25, 0.3) is 0 Å². The topological polar surface area (TPSA) is 9.14 Å². The molecule has 0 aliphatic heterocycles. The van der Waals surface area contributed by atoms with Crippen LogP contribution in [0.5, 0.6) is 0 Å². The molecule has 0 aromatic heterocycles. The molecule has 4 aliphatic carbocycles. The van der Waals surface area contributed by atoms with Crippen molar-refractivity contribution in [3.63, 3.8) is 0 Å². The molecule has 2 nitrogen and oxygen atoms in total. The van der Waals surface area contributed by atoms with Gasteiger partial charge in [-0.2, -0.15) is 0 Å². The third-order valence-electron chi connectivity index (χ3n) is 7.56. The highest BCUT2D eigenvalue weighted by atomic mass is 15.7. The maximum atomic E-state index is 3.07. The van der Waals surface area contributed by atoms with Crippen molar-refractivity contribution in [2.75, 3.05) is 0 Å². The molecule has 0 aromatic rings. The molecule has 1 radical (unpaired) electrons. The standard InChI is InChI=1S/C22H40N2/c1-3-11-19(12-4-1)23(20-13-5-2-6-14-20)24(21-15-7-8-16-21)22-17-9-10-18-22/h19-22H,1-18H2/q+1. The first-order valence-corrected chi connectivity index (χ1v) is 11.5. The molecule has 2 heteroatoms.